The van der Waals surface area contributed by atoms with E-state index in [0.717, 1.165) is 38.9 Å². The number of benzene rings is 1. The van der Waals surface area contributed by atoms with Crippen molar-refractivity contribution < 1.29 is 9.47 Å². The Labute approximate surface area is 110 Å². The van der Waals surface area contributed by atoms with Crippen LogP contribution in [0.2, 0.25) is 0 Å². The molecule has 0 N–H and O–H groups in total. The Kier molecular flexibility index (Phi) is 5.97. The van der Waals surface area contributed by atoms with Crippen LogP contribution in [-0.2, 0) is 16.1 Å². The van der Waals surface area contributed by atoms with Gasteiger partial charge in [-0.2, -0.15) is 0 Å². The summed E-state index contributed by atoms with van der Waals surface area (Å²) < 4.78 is 11.4. The first-order chi connectivity index (χ1) is 8.95. The molecule has 1 aliphatic heterocycles. The second-order valence-electron chi connectivity index (χ2n) is 4.66. The highest BCUT2D eigenvalue weighted by Crippen LogP contribution is 2.11. The third kappa shape index (κ3) is 5.03. The average molecular weight is 246 g/mol. The molecule has 1 atom stereocenters. The van der Waals surface area contributed by atoms with E-state index in [2.05, 4.69) is 24.3 Å². The Hall–Kier alpha value is -1.12. The lowest BCUT2D eigenvalue weighted by molar-refractivity contribution is 0.0648. The molecule has 1 aromatic rings. The second kappa shape index (κ2) is 8.06. The topological polar surface area (TPSA) is 18.5 Å². The highest BCUT2D eigenvalue weighted by molar-refractivity contribution is 5.13. The number of ether oxygens (including phenoxy) is 2. The molecule has 1 heterocycles. The quantitative estimate of drug-likeness (QED) is 0.562. The van der Waals surface area contributed by atoms with Gasteiger partial charge < -0.3 is 9.47 Å². The van der Waals surface area contributed by atoms with Crippen LogP contribution in [0.5, 0.6) is 0 Å². The van der Waals surface area contributed by atoms with Gasteiger partial charge in [0.15, 0.2) is 0 Å². The molecule has 0 unspecified atom stereocenters. The van der Waals surface area contributed by atoms with E-state index in [1.54, 1.807) is 0 Å². The summed E-state index contributed by atoms with van der Waals surface area (Å²) in [5.41, 5.74) is 1.24. The zero-order valence-corrected chi connectivity index (χ0v) is 10.9. The van der Waals surface area contributed by atoms with Crippen LogP contribution in [-0.4, -0.2) is 19.3 Å². The smallest absolute Gasteiger partial charge is 0.0756 e. The first-order valence-corrected chi connectivity index (χ1v) is 6.85. The molecule has 0 saturated heterocycles. The van der Waals surface area contributed by atoms with E-state index < -0.39 is 0 Å². The molecule has 0 saturated carbocycles. The molecule has 0 radical (unpaired) electrons. The zero-order chi connectivity index (χ0) is 12.5. The fourth-order valence-electron chi connectivity index (χ4n) is 2.07. The van der Waals surface area contributed by atoms with Crippen LogP contribution in [0.25, 0.3) is 0 Å². The molecule has 1 aliphatic rings. The molecular weight excluding hydrogens is 224 g/mol. The molecule has 0 aromatic heterocycles. The van der Waals surface area contributed by atoms with Crippen LogP contribution in [0, 0.1) is 0 Å². The lowest BCUT2D eigenvalue weighted by atomic mass is 10.2. The maximum Gasteiger partial charge on any atom is 0.0756 e. The third-order valence-electron chi connectivity index (χ3n) is 3.09. The molecule has 0 amide bonds. The number of allylic oxidation sites excluding steroid dienone is 1. The van der Waals surface area contributed by atoms with Crippen molar-refractivity contribution in [2.45, 2.75) is 38.4 Å². The van der Waals surface area contributed by atoms with E-state index in [0.29, 0.717) is 12.7 Å². The molecule has 0 spiro atoms. The van der Waals surface area contributed by atoms with Gasteiger partial charge in [0.1, 0.15) is 0 Å². The Morgan fingerprint density at radius 3 is 3.00 bits per heavy atom. The van der Waals surface area contributed by atoms with Gasteiger partial charge >= 0.3 is 0 Å². The van der Waals surface area contributed by atoms with Gasteiger partial charge in [-0.1, -0.05) is 42.5 Å². The van der Waals surface area contributed by atoms with Crippen molar-refractivity contribution in [1.29, 1.82) is 0 Å². The zero-order valence-electron chi connectivity index (χ0n) is 10.9. The van der Waals surface area contributed by atoms with Gasteiger partial charge in [0, 0.05) is 13.2 Å². The lowest BCUT2D eigenvalue weighted by Crippen LogP contribution is -2.10. The van der Waals surface area contributed by atoms with Crippen molar-refractivity contribution in [3.63, 3.8) is 0 Å². The Balaban J connectivity index is 1.56. The van der Waals surface area contributed by atoms with Crippen molar-refractivity contribution in [1.82, 2.24) is 0 Å². The summed E-state index contributed by atoms with van der Waals surface area (Å²) >= 11 is 0. The minimum Gasteiger partial charge on any atom is -0.377 e. The van der Waals surface area contributed by atoms with Crippen LogP contribution < -0.4 is 0 Å². The fraction of sp³-hybridized carbons (Fsp3) is 0.500. The highest BCUT2D eigenvalue weighted by Gasteiger charge is 2.07. The number of hydrogen-bond acceptors (Lipinski definition) is 2. The number of hydrogen-bond donors (Lipinski definition) is 0. The van der Waals surface area contributed by atoms with E-state index in [1.807, 2.05) is 18.2 Å². The molecular formula is C16H22O2. The Morgan fingerprint density at radius 1 is 1.22 bits per heavy atom. The first-order valence-electron chi connectivity index (χ1n) is 6.85. The van der Waals surface area contributed by atoms with Crippen LogP contribution >= 0.6 is 0 Å². The summed E-state index contributed by atoms with van der Waals surface area (Å²) in [5.74, 6) is 0. The summed E-state index contributed by atoms with van der Waals surface area (Å²) in [5, 5.41) is 0. The molecule has 98 valence electrons. The van der Waals surface area contributed by atoms with E-state index in [4.69, 9.17) is 9.47 Å². The standard InChI is InChI=1S/C16H22O2/c1-3-8-15(9-4-1)14-17-12-7-11-16-10-5-2-6-13-18-16/h1,3-5,8-10,16H,2,6-7,11-14H2/t16-/m0/s1. The van der Waals surface area contributed by atoms with Gasteiger partial charge in [-0.15, -0.1) is 0 Å². The number of rotatable bonds is 6. The molecule has 1 aromatic carbocycles. The molecule has 0 fully saturated rings. The minimum atomic E-state index is 0.299. The monoisotopic (exact) mass is 246 g/mol. The fourth-order valence-corrected chi connectivity index (χ4v) is 2.07. The van der Waals surface area contributed by atoms with Crippen molar-refractivity contribution in [2.24, 2.45) is 0 Å². The maximum atomic E-state index is 5.73. The summed E-state index contributed by atoms with van der Waals surface area (Å²) in [6, 6.07) is 10.3. The average Bonchev–Trinajstić information content (AvgIpc) is 2.68. The minimum absolute atomic E-state index is 0.299. The van der Waals surface area contributed by atoms with E-state index in [1.165, 1.54) is 5.56 Å². The molecule has 0 bridgehead atoms. The van der Waals surface area contributed by atoms with Gasteiger partial charge in [0.25, 0.3) is 0 Å². The highest BCUT2D eigenvalue weighted by atomic mass is 16.5. The van der Waals surface area contributed by atoms with Gasteiger partial charge in [0.05, 0.1) is 12.7 Å². The third-order valence-corrected chi connectivity index (χ3v) is 3.09. The van der Waals surface area contributed by atoms with Gasteiger partial charge in [-0.25, -0.2) is 0 Å². The van der Waals surface area contributed by atoms with Gasteiger partial charge in [-0.05, 0) is 31.2 Å². The SMILES string of the molecule is C1=C[C@@H](CCCOCc2ccccc2)OCCC1. The molecule has 2 heteroatoms. The Morgan fingerprint density at radius 2 is 2.11 bits per heavy atom. The molecule has 18 heavy (non-hydrogen) atoms. The van der Waals surface area contributed by atoms with Gasteiger partial charge in [0.2, 0.25) is 0 Å². The Bertz CT molecular complexity index is 345. The molecule has 2 nitrogen and oxygen atoms in total. The van der Waals surface area contributed by atoms with Crippen molar-refractivity contribution in [3.05, 3.63) is 48.0 Å². The van der Waals surface area contributed by atoms with Crippen molar-refractivity contribution in [3.8, 4) is 0 Å². The van der Waals surface area contributed by atoms with E-state index >= 15 is 0 Å². The summed E-state index contributed by atoms with van der Waals surface area (Å²) in [7, 11) is 0. The van der Waals surface area contributed by atoms with E-state index in [9.17, 15) is 0 Å². The van der Waals surface area contributed by atoms with Gasteiger partial charge in [-0.3, -0.25) is 0 Å². The summed E-state index contributed by atoms with van der Waals surface area (Å²) in [6.07, 6.45) is 9.16. The van der Waals surface area contributed by atoms with Crippen LogP contribution in [0.4, 0.5) is 0 Å². The molecule has 2 rings (SSSR count). The normalized spacial score (nSPS) is 19.7. The lowest BCUT2D eigenvalue weighted by Gasteiger charge is -2.12. The molecule has 0 aliphatic carbocycles. The predicted octanol–water partition coefficient (Wildman–Crippen LogP) is 3.72. The summed E-state index contributed by atoms with van der Waals surface area (Å²) in [4.78, 5) is 0. The van der Waals surface area contributed by atoms with Crippen LogP contribution in [0.1, 0.15) is 31.2 Å². The predicted molar refractivity (Wildman–Crippen MR) is 73.4 cm³/mol. The van der Waals surface area contributed by atoms with Crippen molar-refractivity contribution in [2.75, 3.05) is 13.2 Å². The van der Waals surface area contributed by atoms with Crippen LogP contribution in [0.3, 0.4) is 0 Å². The summed E-state index contributed by atoms with van der Waals surface area (Å²) in [6.45, 7) is 2.41. The van der Waals surface area contributed by atoms with Crippen molar-refractivity contribution >= 4 is 0 Å². The second-order valence-corrected chi connectivity index (χ2v) is 4.66. The largest absolute Gasteiger partial charge is 0.377 e. The first kappa shape index (κ1) is 13.3. The maximum absolute atomic E-state index is 5.73. The van der Waals surface area contributed by atoms with E-state index in [-0.39, 0.29) is 0 Å². The van der Waals surface area contributed by atoms with Crippen LogP contribution in [0.15, 0.2) is 42.5 Å².